The Bertz CT molecular complexity index is 1400. The maximum Gasteiger partial charge on any atom is 0.433 e. The SMILES string of the molecule is CN1/C(=C\C2C([O-])C(c3c(C(F)(F)F)[nH]n(-c4ccccc4)c3=O)C2[O-])C(C)(C)c2cc(Cl)ccc21. The lowest BCUT2D eigenvalue weighted by molar-refractivity contribution is -0.543. The Hall–Kier alpha value is -3.01. The first-order valence-electron chi connectivity index (χ1n) is 11.4. The Kier molecular flexibility index (Phi) is 5.66. The first-order valence-corrected chi connectivity index (χ1v) is 11.8. The number of anilines is 1. The fraction of sp³-hybridized carbons (Fsp3) is 0.346. The van der Waals surface area contributed by atoms with Crippen LogP contribution < -0.4 is 20.7 Å². The minimum atomic E-state index is -4.94. The number of aromatic nitrogens is 2. The number of benzene rings is 2. The summed E-state index contributed by atoms with van der Waals surface area (Å²) in [5, 5.41) is 29.1. The average Bonchev–Trinajstić information content (AvgIpc) is 3.24. The number of nitrogens with one attached hydrogen (secondary N) is 1. The summed E-state index contributed by atoms with van der Waals surface area (Å²) < 4.78 is 42.4. The van der Waals surface area contributed by atoms with Crippen molar-refractivity contribution >= 4 is 17.3 Å². The number of likely N-dealkylation sites (N-methyl/N-ethyl adjacent to an activating group) is 1. The monoisotopic (exact) mass is 517 g/mol. The van der Waals surface area contributed by atoms with E-state index in [2.05, 4.69) is 5.10 Å². The molecule has 1 aliphatic heterocycles. The molecule has 2 atom stereocenters. The van der Waals surface area contributed by atoms with Gasteiger partial charge in [0.2, 0.25) is 0 Å². The highest BCUT2D eigenvalue weighted by Gasteiger charge is 2.47. The third kappa shape index (κ3) is 3.60. The van der Waals surface area contributed by atoms with Crippen molar-refractivity contribution in [1.82, 2.24) is 9.78 Å². The Morgan fingerprint density at radius 2 is 1.72 bits per heavy atom. The molecular formula is C26H23ClF3N3O3-2. The van der Waals surface area contributed by atoms with Gasteiger partial charge in [0.05, 0.1) is 11.3 Å². The van der Waals surface area contributed by atoms with Crippen LogP contribution in [0.15, 0.2) is 65.1 Å². The molecule has 0 saturated heterocycles. The second-order valence-electron chi connectivity index (χ2n) is 9.80. The van der Waals surface area contributed by atoms with Gasteiger partial charge in [-0.2, -0.15) is 13.2 Å². The van der Waals surface area contributed by atoms with Crippen LogP contribution in [-0.4, -0.2) is 29.0 Å². The lowest BCUT2D eigenvalue weighted by Crippen LogP contribution is -2.65. The molecule has 1 aromatic heterocycles. The van der Waals surface area contributed by atoms with Crippen LogP contribution in [0.4, 0.5) is 18.9 Å². The maximum absolute atomic E-state index is 13.9. The molecule has 2 aromatic carbocycles. The van der Waals surface area contributed by atoms with Crippen LogP contribution in [-0.2, 0) is 11.6 Å². The Morgan fingerprint density at radius 1 is 1.08 bits per heavy atom. The largest absolute Gasteiger partial charge is 0.851 e. The molecule has 1 saturated carbocycles. The van der Waals surface area contributed by atoms with E-state index in [-0.39, 0.29) is 5.69 Å². The van der Waals surface area contributed by atoms with Crippen LogP contribution in [0.5, 0.6) is 0 Å². The second kappa shape index (κ2) is 8.26. The fourth-order valence-electron chi connectivity index (χ4n) is 5.45. The van der Waals surface area contributed by atoms with E-state index < -0.39 is 52.5 Å². The third-order valence-electron chi connectivity index (χ3n) is 7.37. The van der Waals surface area contributed by atoms with E-state index in [1.807, 2.05) is 30.9 Å². The van der Waals surface area contributed by atoms with Gasteiger partial charge < -0.3 is 15.1 Å². The fourth-order valence-corrected chi connectivity index (χ4v) is 5.62. The van der Waals surface area contributed by atoms with E-state index in [1.54, 1.807) is 37.4 Å². The summed E-state index contributed by atoms with van der Waals surface area (Å²) in [6.07, 6.45) is -6.78. The van der Waals surface area contributed by atoms with Crippen LogP contribution in [0.25, 0.3) is 5.69 Å². The zero-order chi connectivity index (χ0) is 26.2. The summed E-state index contributed by atoms with van der Waals surface area (Å²) in [5.74, 6) is -2.71. The van der Waals surface area contributed by atoms with Gasteiger partial charge in [0, 0.05) is 28.9 Å². The van der Waals surface area contributed by atoms with Gasteiger partial charge >= 0.3 is 6.18 Å². The zero-order valence-corrected chi connectivity index (χ0v) is 20.4. The summed E-state index contributed by atoms with van der Waals surface area (Å²) in [5.41, 5.74) is -1.11. The van der Waals surface area contributed by atoms with Crippen molar-refractivity contribution in [2.45, 2.75) is 43.6 Å². The molecule has 36 heavy (non-hydrogen) atoms. The van der Waals surface area contributed by atoms with Crippen molar-refractivity contribution in [3.63, 3.8) is 0 Å². The summed E-state index contributed by atoms with van der Waals surface area (Å²) in [6.45, 7) is 3.86. The molecular weight excluding hydrogens is 495 g/mol. The molecule has 1 N–H and O–H groups in total. The van der Waals surface area contributed by atoms with Crippen molar-refractivity contribution in [2.75, 3.05) is 11.9 Å². The number of allylic oxidation sites excluding steroid dienone is 1. The first kappa shape index (κ1) is 24.7. The van der Waals surface area contributed by atoms with Gasteiger partial charge in [-0.1, -0.05) is 49.7 Å². The Balaban J connectivity index is 1.53. The number of halogens is 4. The number of alkyl halides is 3. The Morgan fingerprint density at radius 3 is 2.33 bits per heavy atom. The van der Waals surface area contributed by atoms with E-state index >= 15 is 0 Å². The number of aromatic amines is 1. The Labute approximate surface area is 210 Å². The molecule has 2 heterocycles. The summed E-state index contributed by atoms with van der Waals surface area (Å²) in [6, 6.07) is 13.1. The molecule has 1 aliphatic carbocycles. The molecule has 0 bridgehead atoms. The molecule has 1 fully saturated rings. The molecule has 190 valence electrons. The van der Waals surface area contributed by atoms with Crippen LogP contribution >= 0.6 is 11.6 Å². The van der Waals surface area contributed by atoms with Crippen molar-refractivity contribution in [2.24, 2.45) is 5.92 Å². The molecule has 5 rings (SSSR count). The molecule has 0 amide bonds. The number of nitrogens with zero attached hydrogens (tertiary/aromatic N) is 2. The highest BCUT2D eigenvalue weighted by atomic mass is 35.5. The number of hydrogen-bond acceptors (Lipinski definition) is 4. The van der Waals surface area contributed by atoms with Crippen molar-refractivity contribution in [3.05, 3.63) is 92.5 Å². The molecule has 2 unspecified atom stereocenters. The summed E-state index contributed by atoms with van der Waals surface area (Å²) in [4.78, 5) is 14.9. The number of fused-ring (bicyclic) bond motifs is 1. The maximum atomic E-state index is 13.9. The smallest absolute Gasteiger partial charge is 0.433 e. The first-order chi connectivity index (χ1) is 16.8. The van der Waals surface area contributed by atoms with Gasteiger partial charge in [-0.25, -0.2) is 4.68 Å². The lowest BCUT2D eigenvalue weighted by Gasteiger charge is -2.60. The number of para-hydroxylation sites is 1. The van der Waals surface area contributed by atoms with Gasteiger partial charge in [-0.15, -0.1) is 12.2 Å². The van der Waals surface area contributed by atoms with E-state index in [0.29, 0.717) is 10.7 Å². The van der Waals surface area contributed by atoms with E-state index in [9.17, 15) is 28.2 Å². The van der Waals surface area contributed by atoms with Crippen molar-refractivity contribution in [3.8, 4) is 5.69 Å². The summed E-state index contributed by atoms with van der Waals surface area (Å²) in [7, 11) is 1.80. The van der Waals surface area contributed by atoms with Crippen LogP contribution in [0.3, 0.4) is 0 Å². The topological polar surface area (TPSA) is 87.2 Å². The minimum absolute atomic E-state index is 0.174. The highest BCUT2D eigenvalue weighted by molar-refractivity contribution is 6.30. The van der Waals surface area contributed by atoms with Gasteiger partial charge in [0.1, 0.15) is 5.69 Å². The minimum Gasteiger partial charge on any atom is -0.851 e. The quantitative estimate of drug-likeness (QED) is 0.577. The molecule has 6 nitrogen and oxygen atoms in total. The van der Waals surface area contributed by atoms with Crippen molar-refractivity contribution < 1.29 is 23.4 Å². The van der Waals surface area contributed by atoms with Gasteiger partial charge in [-0.05, 0) is 47.7 Å². The second-order valence-corrected chi connectivity index (χ2v) is 10.2. The number of rotatable bonds is 3. The normalized spacial score (nSPS) is 26.2. The molecule has 2 aliphatic rings. The van der Waals surface area contributed by atoms with Crippen LogP contribution in [0, 0.1) is 5.92 Å². The van der Waals surface area contributed by atoms with Gasteiger partial charge in [0.15, 0.2) is 0 Å². The lowest BCUT2D eigenvalue weighted by atomic mass is 9.64. The molecule has 10 heteroatoms. The van der Waals surface area contributed by atoms with E-state index in [0.717, 1.165) is 15.9 Å². The number of hydrogen-bond donors (Lipinski definition) is 1. The molecule has 3 aromatic rings. The summed E-state index contributed by atoms with van der Waals surface area (Å²) >= 11 is 6.17. The third-order valence-corrected chi connectivity index (χ3v) is 7.60. The van der Waals surface area contributed by atoms with Crippen LogP contribution in [0.1, 0.15) is 36.6 Å². The van der Waals surface area contributed by atoms with Gasteiger partial charge in [0.25, 0.3) is 5.56 Å². The van der Waals surface area contributed by atoms with Crippen molar-refractivity contribution in [1.29, 1.82) is 0 Å². The predicted molar refractivity (Wildman–Crippen MR) is 126 cm³/mol. The standard InChI is InChI=1S/C26H23ClF3N3O3/c1-25(2)16-11-13(27)9-10-17(16)32(3)18(25)12-15-21(34)19(22(15)35)20-23(26(28,29)30)31-33(24(20)36)14-7-5-4-6-8-14/h4-12,15,19,21-22,31H,1-3H3/q-2/b18-12-. The molecule has 0 radical (unpaired) electrons. The molecule has 0 spiro atoms. The average molecular weight is 518 g/mol. The number of H-pyrrole nitrogens is 1. The zero-order valence-electron chi connectivity index (χ0n) is 19.6. The highest BCUT2D eigenvalue weighted by Crippen LogP contribution is 2.50. The predicted octanol–water partition coefficient (Wildman–Crippen LogP) is 3.32. The van der Waals surface area contributed by atoms with Crippen LogP contribution in [0.2, 0.25) is 5.02 Å². The van der Waals surface area contributed by atoms with E-state index in [4.69, 9.17) is 11.6 Å². The van der Waals surface area contributed by atoms with E-state index in [1.165, 1.54) is 12.1 Å². The van der Waals surface area contributed by atoms with Gasteiger partial charge in [-0.3, -0.25) is 9.89 Å².